The zero-order valence-corrected chi connectivity index (χ0v) is 11.4. The molecule has 104 valence electrons. The van der Waals surface area contributed by atoms with E-state index < -0.39 is 0 Å². The summed E-state index contributed by atoms with van der Waals surface area (Å²) >= 11 is 0. The lowest BCUT2D eigenvalue weighted by molar-refractivity contribution is 0.0935. The second kappa shape index (κ2) is 6.14. The van der Waals surface area contributed by atoms with Crippen molar-refractivity contribution in [3.63, 3.8) is 0 Å². The van der Waals surface area contributed by atoms with E-state index in [4.69, 9.17) is 0 Å². The molecule has 0 aliphatic rings. The lowest BCUT2D eigenvalue weighted by atomic mass is 10.1. The van der Waals surface area contributed by atoms with Crippen molar-refractivity contribution >= 4 is 11.6 Å². The molecule has 2 N–H and O–H groups in total. The second-order valence-corrected chi connectivity index (χ2v) is 4.43. The normalized spacial score (nSPS) is 11.8. The van der Waals surface area contributed by atoms with Crippen LogP contribution in [0.25, 0.3) is 0 Å². The summed E-state index contributed by atoms with van der Waals surface area (Å²) in [6.45, 7) is 1.80. The molecule has 0 spiro atoms. The average Bonchev–Trinajstić information content (AvgIpc) is 2.47. The van der Waals surface area contributed by atoms with Crippen LogP contribution < -0.4 is 10.6 Å². The third-order valence-electron chi connectivity index (χ3n) is 2.98. The van der Waals surface area contributed by atoms with Gasteiger partial charge in [-0.05, 0) is 36.8 Å². The first-order chi connectivity index (χ1) is 9.60. The van der Waals surface area contributed by atoms with Gasteiger partial charge in [-0.1, -0.05) is 12.1 Å². The van der Waals surface area contributed by atoms with Crippen LogP contribution in [0.2, 0.25) is 0 Å². The molecule has 1 aromatic heterocycles. The Bertz CT molecular complexity index is 616. The van der Waals surface area contributed by atoms with Gasteiger partial charge in [0.15, 0.2) is 0 Å². The number of nitrogens with one attached hydrogen (secondary N) is 2. The lowest BCUT2D eigenvalue weighted by Crippen LogP contribution is -2.27. The number of carbonyl (C=O) groups is 1. The molecule has 20 heavy (non-hydrogen) atoms. The highest BCUT2D eigenvalue weighted by Gasteiger charge is 2.13. The van der Waals surface area contributed by atoms with Gasteiger partial charge in [0.05, 0.1) is 6.04 Å². The molecule has 1 unspecified atom stereocenters. The fourth-order valence-corrected chi connectivity index (χ4v) is 1.84. The van der Waals surface area contributed by atoms with Gasteiger partial charge in [-0.3, -0.25) is 9.78 Å². The van der Waals surface area contributed by atoms with Gasteiger partial charge in [0, 0.05) is 18.9 Å². The van der Waals surface area contributed by atoms with Gasteiger partial charge in [0.1, 0.15) is 11.5 Å². The SMILES string of the molecule is CNc1ccnc(C(=O)NC(C)c2cccc(F)c2)c1. The highest BCUT2D eigenvalue weighted by Crippen LogP contribution is 2.14. The standard InChI is InChI=1S/C15H16FN3O/c1-10(11-4-3-5-12(16)8-11)19-15(20)14-9-13(17-2)6-7-18-14/h3-10H,1-2H3,(H,17,18)(H,19,20). The summed E-state index contributed by atoms with van der Waals surface area (Å²) in [4.78, 5) is 16.1. The maximum atomic E-state index is 13.2. The minimum Gasteiger partial charge on any atom is -0.388 e. The molecule has 1 heterocycles. The molecule has 0 fully saturated rings. The highest BCUT2D eigenvalue weighted by molar-refractivity contribution is 5.93. The summed E-state index contributed by atoms with van der Waals surface area (Å²) in [6, 6.07) is 9.30. The Balaban J connectivity index is 2.10. The minimum absolute atomic E-state index is 0.293. The van der Waals surface area contributed by atoms with Gasteiger partial charge < -0.3 is 10.6 Å². The number of pyridine rings is 1. The number of amides is 1. The Morgan fingerprint density at radius 3 is 2.80 bits per heavy atom. The number of aromatic nitrogens is 1. The number of nitrogens with zero attached hydrogens (tertiary/aromatic N) is 1. The van der Waals surface area contributed by atoms with E-state index in [0.29, 0.717) is 11.3 Å². The maximum Gasteiger partial charge on any atom is 0.270 e. The van der Waals surface area contributed by atoms with Crippen molar-refractivity contribution in [1.82, 2.24) is 10.3 Å². The van der Waals surface area contributed by atoms with Gasteiger partial charge in [-0.2, -0.15) is 0 Å². The monoisotopic (exact) mass is 273 g/mol. The summed E-state index contributed by atoms with van der Waals surface area (Å²) in [5.74, 6) is -0.613. The summed E-state index contributed by atoms with van der Waals surface area (Å²) < 4.78 is 13.2. The molecule has 0 saturated heterocycles. The molecule has 0 aliphatic heterocycles. The fourth-order valence-electron chi connectivity index (χ4n) is 1.84. The van der Waals surface area contributed by atoms with Crippen molar-refractivity contribution < 1.29 is 9.18 Å². The van der Waals surface area contributed by atoms with Crippen molar-refractivity contribution in [3.8, 4) is 0 Å². The van der Waals surface area contributed by atoms with Crippen molar-refractivity contribution in [2.24, 2.45) is 0 Å². The van der Waals surface area contributed by atoms with Crippen LogP contribution in [0.3, 0.4) is 0 Å². The molecule has 0 saturated carbocycles. The van der Waals surface area contributed by atoms with Gasteiger partial charge >= 0.3 is 0 Å². The van der Waals surface area contributed by atoms with Gasteiger partial charge in [0.2, 0.25) is 0 Å². The number of rotatable bonds is 4. The summed E-state index contributed by atoms with van der Waals surface area (Å²) in [6.07, 6.45) is 1.56. The number of carbonyl (C=O) groups excluding carboxylic acids is 1. The van der Waals surface area contributed by atoms with Crippen LogP contribution in [0, 0.1) is 5.82 Å². The summed E-state index contributed by atoms with van der Waals surface area (Å²) in [5.41, 5.74) is 1.84. The number of benzene rings is 1. The Morgan fingerprint density at radius 1 is 1.30 bits per heavy atom. The quantitative estimate of drug-likeness (QED) is 0.900. The number of hydrogen-bond donors (Lipinski definition) is 2. The zero-order chi connectivity index (χ0) is 14.5. The number of anilines is 1. The van der Waals surface area contributed by atoms with E-state index in [1.807, 2.05) is 0 Å². The molecular formula is C15H16FN3O. The third kappa shape index (κ3) is 3.32. The van der Waals surface area contributed by atoms with Crippen molar-refractivity contribution in [3.05, 3.63) is 59.7 Å². The predicted octanol–water partition coefficient (Wildman–Crippen LogP) is 2.75. The zero-order valence-electron chi connectivity index (χ0n) is 11.4. The Morgan fingerprint density at radius 2 is 2.10 bits per heavy atom. The van der Waals surface area contributed by atoms with E-state index in [2.05, 4.69) is 15.6 Å². The van der Waals surface area contributed by atoms with Crippen molar-refractivity contribution in [2.45, 2.75) is 13.0 Å². The summed E-state index contributed by atoms with van der Waals surface area (Å²) in [7, 11) is 1.77. The molecule has 1 atom stereocenters. The van der Waals surface area contributed by atoms with E-state index in [9.17, 15) is 9.18 Å². The third-order valence-corrected chi connectivity index (χ3v) is 2.98. The molecular weight excluding hydrogens is 257 g/mol. The van der Waals surface area contributed by atoms with Crippen LogP contribution >= 0.6 is 0 Å². The van der Waals surface area contributed by atoms with Gasteiger partial charge in [-0.25, -0.2) is 4.39 Å². The van der Waals surface area contributed by atoms with Gasteiger partial charge in [0.25, 0.3) is 5.91 Å². The molecule has 5 heteroatoms. The molecule has 4 nitrogen and oxygen atoms in total. The molecule has 0 radical (unpaired) electrons. The number of halogens is 1. The average molecular weight is 273 g/mol. The lowest BCUT2D eigenvalue weighted by Gasteiger charge is -2.14. The van der Waals surface area contributed by atoms with E-state index in [1.165, 1.54) is 12.1 Å². The second-order valence-electron chi connectivity index (χ2n) is 4.43. The fraction of sp³-hybridized carbons (Fsp3) is 0.200. The first-order valence-electron chi connectivity index (χ1n) is 6.30. The number of hydrogen-bond acceptors (Lipinski definition) is 3. The predicted molar refractivity (Wildman–Crippen MR) is 76.1 cm³/mol. The first-order valence-corrected chi connectivity index (χ1v) is 6.30. The molecule has 0 bridgehead atoms. The van der Waals surface area contributed by atoms with E-state index in [0.717, 1.165) is 5.69 Å². The van der Waals surface area contributed by atoms with Gasteiger partial charge in [-0.15, -0.1) is 0 Å². The van der Waals surface area contributed by atoms with Crippen LogP contribution in [-0.2, 0) is 0 Å². The molecule has 0 aliphatic carbocycles. The van der Waals surface area contributed by atoms with E-state index in [-0.39, 0.29) is 17.8 Å². The largest absolute Gasteiger partial charge is 0.388 e. The Labute approximate surface area is 117 Å². The molecule has 1 aromatic carbocycles. The van der Waals surface area contributed by atoms with Crippen molar-refractivity contribution in [1.29, 1.82) is 0 Å². The molecule has 2 rings (SSSR count). The minimum atomic E-state index is -0.320. The van der Waals surface area contributed by atoms with Crippen LogP contribution in [-0.4, -0.2) is 17.9 Å². The highest BCUT2D eigenvalue weighted by atomic mass is 19.1. The molecule has 1 amide bonds. The molecule has 2 aromatic rings. The van der Waals surface area contributed by atoms with Crippen LogP contribution in [0.5, 0.6) is 0 Å². The summed E-state index contributed by atoms with van der Waals surface area (Å²) in [5, 5.41) is 5.74. The Hall–Kier alpha value is -2.43. The van der Waals surface area contributed by atoms with Crippen molar-refractivity contribution in [2.75, 3.05) is 12.4 Å². The van der Waals surface area contributed by atoms with E-state index >= 15 is 0 Å². The topological polar surface area (TPSA) is 54.0 Å². The van der Waals surface area contributed by atoms with E-state index in [1.54, 1.807) is 44.4 Å². The van der Waals surface area contributed by atoms with Crippen LogP contribution in [0.1, 0.15) is 29.0 Å². The maximum absolute atomic E-state index is 13.2. The Kier molecular flexibility index (Phi) is 4.30. The van der Waals surface area contributed by atoms with Crippen LogP contribution in [0.15, 0.2) is 42.6 Å². The smallest absolute Gasteiger partial charge is 0.270 e. The first kappa shape index (κ1) is 14.0. The van der Waals surface area contributed by atoms with Crippen LogP contribution in [0.4, 0.5) is 10.1 Å².